The van der Waals surface area contributed by atoms with Gasteiger partial charge in [0.2, 0.25) is 0 Å². The van der Waals surface area contributed by atoms with Gasteiger partial charge in [-0.05, 0) is 100 Å². The van der Waals surface area contributed by atoms with E-state index in [-0.39, 0.29) is 36.2 Å². The lowest BCUT2D eigenvalue weighted by molar-refractivity contribution is -0.0177. The van der Waals surface area contributed by atoms with Gasteiger partial charge in [-0.25, -0.2) is 9.18 Å². The summed E-state index contributed by atoms with van der Waals surface area (Å²) in [6.07, 6.45) is 2.09. The van der Waals surface area contributed by atoms with Gasteiger partial charge in [-0.1, -0.05) is 36.2 Å². The Labute approximate surface area is 292 Å². The monoisotopic (exact) mass is 702 g/mol. The Balaban J connectivity index is 1.58. The lowest BCUT2D eigenvalue weighted by Gasteiger charge is -2.36. The number of likely N-dealkylation sites (N-methyl/N-ethyl adjacent to an activating group) is 1. The van der Waals surface area contributed by atoms with Crippen LogP contribution in [0.1, 0.15) is 56.0 Å². The number of aliphatic hydroxyl groups is 1. The van der Waals surface area contributed by atoms with Gasteiger partial charge in [0.1, 0.15) is 11.6 Å². The summed E-state index contributed by atoms with van der Waals surface area (Å²) in [6.45, 7) is 7.66. The molecule has 1 heterocycles. The van der Waals surface area contributed by atoms with Gasteiger partial charge in [-0.2, -0.15) is 0 Å². The summed E-state index contributed by atoms with van der Waals surface area (Å²) in [6, 6.07) is 14.9. The van der Waals surface area contributed by atoms with Crippen LogP contribution in [0.3, 0.4) is 0 Å². The Morgan fingerprint density at radius 2 is 1.75 bits per heavy atom. The molecule has 3 aromatic rings. The molecule has 0 saturated heterocycles. The zero-order valence-electron chi connectivity index (χ0n) is 27.8. The Kier molecular flexibility index (Phi) is 13.9. The molecule has 4 rings (SSSR count). The Hall–Kier alpha value is -3.41. The van der Waals surface area contributed by atoms with E-state index in [9.17, 15) is 19.1 Å². The normalized spacial score (nSPS) is 20.0. The molecule has 9 nitrogen and oxygen atoms in total. The molecule has 0 aliphatic carbocycles. The van der Waals surface area contributed by atoms with Crippen molar-refractivity contribution in [3.05, 3.63) is 87.7 Å². The van der Waals surface area contributed by atoms with Gasteiger partial charge in [0.25, 0.3) is 5.91 Å². The Morgan fingerprint density at radius 3 is 2.46 bits per heavy atom. The average Bonchev–Trinajstić information content (AvgIpc) is 3.05. The molecular weight excluding hydrogens is 658 g/mol. The van der Waals surface area contributed by atoms with Gasteiger partial charge >= 0.3 is 6.03 Å². The third kappa shape index (κ3) is 10.8. The minimum atomic E-state index is -0.552. The molecule has 1 aliphatic heterocycles. The first-order valence-electron chi connectivity index (χ1n) is 16.2. The molecule has 260 valence electrons. The van der Waals surface area contributed by atoms with Crippen molar-refractivity contribution in [2.24, 2.45) is 5.92 Å². The number of nitrogens with zero attached hydrogens (tertiary/aromatic N) is 2. The van der Waals surface area contributed by atoms with Crippen molar-refractivity contribution in [1.29, 1.82) is 0 Å². The molecule has 3 aromatic carbocycles. The van der Waals surface area contributed by atoms with E-state index in [1.165, 1.54) is 24.3 Å². The van der Waals surface area contributed by atoms with Gasteiger partial charge in [0.05, 0.1) is 40.5 Å². The molecule has 3 amide bonds. The van der Waals surface area contributed by atoms with Gasteiger partial charge in [-0.15, -0.1) is 0 Å². The summed E-state index contributed by atoms with van der Waals surface area (Å²) in [5.41, 5.74) is 2.07. The summed E-state index contributed by atoms with van der Waals surface area (Å²) in [5, 5.41) is 16.6. The number of carbonyl (C=O) groups is 2. The van der Waals surface area contributed by atoms with Crippen molar-refractivity contribution >= 4 is 46.5 Å². The number of rotatable bonds is 8. The van der Waals surface area contributed by atoms with Crippen LogP contribution in [0.15, 0.2) is 60.7 Å². The predicted molar refractivity (Wildman–Crippen MR) is 189 cm³/mol. The zero-order chi connectivity index (χ0) is 34.8. The van der Waals surface area contributed by atoms with Crippen molar-refractivity contribution in [1.82, 2.24) is 9.80 Å². The van der Waals surface area contributed by atoms with Gasteiger partial charge in [0, 0.05) is 43.5 Å². The van der Waals surface area contributed by atoms with Crippen LogP contribution in [0, 0.1) is 11.7 Å². The van der Waals surface area contributed by atoms with E-state index in [1.807, 2.05) is 33.0 Å². The fourth-order valence-corrected chi connectivity index (χ4v) is 5.93. The first-order valence-corrected chi connectivity index (χ1v) is 17.0. The van der Waals surface area contributed by atoms with E-state index in [4.69, 9.17) is 32.7 Å². The predicted octanol–water partition coefficient (Wildman–Crippen LogP) is 7.70. The molecular formula is C36H45Cl2FN4O5. The number of urea groups is 1. The van der Waals surface area contributed by atoms with Crippen molar-refractivity contribution in [2.75, 3.05) is 44.0 Å². The van der Waals surface area contributed by atoms with Crippen LogP contribution < -0.4 is 15.4 Å². The zero-order valence-corrected chi connectivity index (χ0v) is 29.4. The van der Waals surface area contributed by atoms with Crippen LogP contribution in [0.5, 0.6) is 5.75 Å². The summed E-state index contributed by atoms with van der Waals surface area (Å²) in [7, 11) is 2.01. The van der Waals surface area contributed by atoms with Gasteiger partial charge in [0.15, 0.2) is 0 Å². The van der Waals surface area contributed by atoms with E-state index < -0.39 is 17.9 Å². The molecule has 0 fully saturated rings. The second-order valence-electron chi connectivity index (χ2n) is 12.5. The lowest BCUT2D eigenvalue weighted by Crippen LogP contribution is -2.47. The topological polar surface area (TPSA) is 103 Å². The van der Waals surface area contributed by atoms with Crippen molar-refractivity contribution in [2.45, 2.75) is 64.8 Å². The standard InChI is InChI=1S/C36H45Cl2FN4O5/c1-23-19-43(24(2)22-44)35(45)30-18-29(41-36(46)40-28-11-9-27(39)10-12-28)13-15-33(30)48-25(3)7-5-6-16-47-34(23)21-42(4)20-26-8-14-31(37)32(38)17-26/h8-15,17-18,23-25,34,44H,5-7,16,19-22H2,1-4H3,(H2,40,41,46)/t23-,24+,25-,34-/m0/s1. The van der Waals surface area contributed by atoms with Gasteiger partial charge < -0.3 is 30.1 Å². The SMILES string of the molecule is C[C@H](CO)N1C[C@H](C)[C@H](CN(C)Cc2ccc(Cl)c(Cl)c2)OCCCC[C@H](C)Oc2ccc(NC(=O)Nc3ccc(F)cc3)cc2C1=O. The number of nitrogens with one attached hydrogen (secondary N) is 2. The fraction of sp³-hybridized carbons (Fsp3) is 0.444. The maximum atomic E-state index is 14.3. The minimum absolute atomic E-state index is 0.103. The Morgan fingerprint density at radius 1 is 1.04 bits per heavy atom. The van der Waals surface area contributed by atoms with E-state index in [0.29, 0.717) is 53.4 Å². The fourth-order valence-electron chi connectivity index (χ4n) is 5.61. The average molecular weight is 704 g/mol. The Bertz CT molecular complexity index is 1530. The number of carbonyl (C=O) groups excluding carboxylic acids is 2. The highest BCUT2D eigenvalue weighted by molar-refractivity contribution is 6.42. The number of hydrogen-bond donors (Lipinski definition) is 3. The molecule has 48 heavy (non-hydrogen) atoms. The number of ether oxygens (including phenoxy) is 2. The van der Waals surface area contributed by atoms with Crippen molar-refractivity contribution in [3.8, 4) is 5.75 Å². The number of fused-ring (bicyclic) bond motifs is 1. The van der Waals surface area contributed by atoms with Crippen LogP contribution in [-0.2, 0) is 11.3 Å². The third-order valence-electron chi connectivity index (χ3n) is 8.34. The highest BCUT2D eigenvalue weighted by Crippen LogP contribution is 2.29. The van der Waals surface area contributed by atoms with E-state index in [1.54, 1.807) is 36.1 Å². The quantitative estimate of drug-likeness (QED) is 0.222. The lowest BCUT2D eigenvalue weighted by atomic mass is 10.0. The van der Waals surface area contributed by atoms with Gasteiger partial charge in [-0.3, -0.25) is 9.69 Å². The number of benzene rings is 3. The summed E-state index contributed by atoms with van der Waals surface area (Å²) in [4.78, 5) is 30.9. The smallest absolute Gasteiger partial charge is 0.323 e. The second-order valence-corrected chi connectivity index (χ2v) is 13.4. The number of amides is 3. The van der Waals surface area contributed by atoms with E-state index in [2.05, 4.69) is 15.5 Å². The van der Waals surface area contributed by atoms with Crippen LogP contribution in [-0.4, -0.2) is 78.4 Å². The van der Waals surface area contributed by atoms with Crippen LogP contribution in [0.2, 0.25) is 10.0 Å². The summed E-state index contributed by atoms with van der Waals surface area (Å²) < 4.78 is 26.1. The van der Waals surface area contributed by atoms with Crippen LogP contribution in [0.4, 0.5) is 20.6 Å². The molecule has 0 radical (unpaired) electrons. The molecule has 0 aromatic heterocycles. The summed E-state index contributed by atoms with van der Waals surface area (Å²) >= 11 is 12.4. The summed E-state index contributed by atoms with van der Waals surface area (Å²) in [5.74, 6) is -0.462. The molecule has 3 N–H and O–H groups in total. The first kappa shape index (κ1) is 37.4. The highest BCUT2D eigenvalue weighted by atomic mass is 35.5. The number of halogens is 3. The molecule has 1 aliphatic rings. The molecule has 0 bridgehead atoms. The van der Waals surface area contributed by atoms with Crippen molar-refractivity contribution in [3.63, 3.8) is 0 Å². The second kappa shape index (κ2) is 17.8. The largest absolute Gasteiger partial charge is 0.490 e. The minimum Gasteiger partial charge on any atom is -0.490 e. The van der Waals surface area contributed by atoms with Crippen molar-refractivity contribution < 1.29 is 28.6 Å². The van der Waals surface area contributed by atoms with Crippen LogP contribution in [0.25, 0.3) is 0 Å². The highest BCUT2D eigenvalue weighted by Gasteiger charge is 2.30. The molecule has 0 unspecified atom stereocenters. The van der Waals surface area contributed by atoms with E-state index >= 15 is 0 Å². The first-order chi connectivity index (χ1) is 22.9. The number of hydrogen-bond acceptors (Lipinski definition) is 6. The third-order valence-corrected chi connectivity index (χ3v) is 9.08. The van der Waals surface area contributed by atoms with Crippen LogP contribution >= 0.6 is 23.2 Å². The molecule has 0 saturated carbocycles. The molecule has 0 spiro atoms. The maximum Gasteiger partial charge on any atom is 0.323 e. The molecule has 12 heteroatoms. The maximum absolute atomic E-state index is 14.3. The number of aliphatic hydroxyl groups excluding tert-OH is 1. The molecule has 4 atom stereocenters. The van der Waals surface area contributed by atoms with E-state index in [0.717, 1.165) is 24.8 Å². The number of anilines is 2.